The molecular formula is C11H20ClNO4. The molecular weight excluding hydrogens is 246 g/mol. The van der Waals surface area contributed by atoms with Crippen LogP contribution in [0.5, 0.6) is 0 Å². The number of nitrogens with one attached hydrogen (secondary N) is 1. The molecule has 0 fully saturated rings. The second-order valence-corrected chi connectivity index (χ2v) is 5.04. The summed E-state index contributed by atoms with van der Waals surface area (Å²) in [6.07, 6.45) is -0.280. The summed E-state index contributed by atoms with van der Waals surface area (Å²) < 4.78 is 9.64. The molecule has 0 bridgehead atoms. The Balaban J connectivity index is 3.80. The van der Waals surface area contributed by atoms with Crippen molar-refractivity contribution in [3.63, 3.8) is 0 Å². The number of alkyl halides is 1. The van der Waals surface area contributed by atoms with E-state index in [1.807, 2.05) is 6.92 Å². The highest BCUT2D eigenvalue weighted by Crippen LogP contribution is 2.07. The van der Waals surface area contributed by atoms with Crippen molar-refractivity contribution in [2.45, 2.75) is 39.7 Å². The SMILES string of the molecule is C[C@@H](CNC(=O)OC(C)(C)C)CC(=O)OCCl. The smallest absolute Gasteiger partial charge is 0.407 e. The van der Waals surface area contributed by atoms with Gasteiger partial charge in [-0.3, -0.25) is 4.79 Å². The first-order valence-electron chi connectivity index (χ1n) is 5.43. The average Bonchev–Trinajstić information content (AvgIpc) is 2.12. The third kappa shape index (κ3) is 9.93. The lowest BCUT2D eigenvalue weighted by Crippen LogP contribution is -2.35. The van der Waals surface area contributed by atoms with Crippen LogP contribution in [-0.4, -0.2) is 30.3 Å². The highest BCUT2D eigenvalue weighted by molar-refractivity contribution is 6.17. The van der Waals surface area contributed by atoms with Gasteiger partial charge in [0.25, 0.3) is 0 Å². The summed E-state index contributed by atoms with van der Waals surface area (Å²) >= 11 is 5.25. The standard InChI is InChI=1S/C11H20ClNO4/c1-8(5-9(14)16-7-12)6-13-10(15)17-11(2,3)4/h8H,5-7H2,1-4H3,(H,13,15)/t8-/m1/s1. The second-order valence-electron chi connectivity index (χ2n) is 4.82. The van der Waals surface area contributed by atoms with Crippen molar-refractivity contribution >= 4 is 23.7 Å². The second kappa shape index (κ2) is 7.37. The monoisotopic (exact) mass is 265 g/mol. The van der Waals surface area contributed by atoms with Crippen LogP contribution in [0.15, 0.2) is 0 Å². The Morgan fingerprint density at radius 1 is 1.35 bits per heavy atom. The molecule has 6 heteroatoms. The molecule has 0 spiro atoms. The van der Waals surface area contributed by atoms with Crippen LogP contribution in [0, 0.1) is 5.92 Å². The molecule has 0 aromatic heterocycles. The van der Waals surface area contributed by atoms with E-state index in [1.54, 1.807) is 20.8 Å². The molecule has 0 radical (unpaired) electrons. The van der Waals surface area contributed by atoms with E-state index in [9.17, 15) is 9.59 Å². The minimum absolute atomic E-state index is 0.0294. The van der Waals surface area contributed by atoms with Crippen LogP contribution in [0.2, 0.25) is 0 Å². The number of esters is 1. The van der Waals surface area contributed by atoms with Crippen LogP contribution >= 0.6 is 11.6 Å². The number of ether oxygens (including phenoxy) is 2. The number of amides is 1. The normalized spacial score (nSPS) is 12.8. The van der Waals surface area contributed by atoms with Crippen molar-refractivity contribution in [3.8, 4) is 0 Å². The Hall–Kier alpha value is -0.970. The molecule has 0 aliphatic rings. The number of halogens is 1. The Kier molecular flexibility index (Phi) is 6.95. The van der Waals surface area contributed by atoms with Crippen LogP contribution in [-0.2, 0) is 14.3 Å². The minimum Gasteiger partial charge on any atom is -0.449 e. The summed E-state index contributed by atoms with van der Waals surface area (Å²) in [5, 5.41) is 2.58. The van der Waals surface area contributed by atoms with Crippen LogP contribution < -0.4 is 5.32 Å². The Morgan fingerprint density at radius 3 is 2.41 bits per heavy atom. The molecule has 0 aliphatic carbocycles. The van der Waals surface area contributed by atoms with Crippen molar-refractivity contribution in [3.05, 3.63) is 0 Å². The molecule has 0 heterocycles. The molecule has 5 nitrogen and oxygen atoms in total. The van der Waals surface area contributed by atoms with Crippen LogP contribution in [0.1, 0.15) is 34.1 Å². The minimum atomic E-state index is -0.523. The first kappa shape index (κ1) is 16.0. The van der Waals surface area contributed by atoms with Gasteiger partial charge in [-0.1, -0.05) is 18.5 Å². The largest absolute Gasteiger partial charge is 0.449 e. The molecule has 1 atom stereocenters. The number of carbonyl (C=O) groups is 2. The fourth-order valence-electron chi connectivity index (χ4n) is 1.05. The van der Waals surface area contributed by atoms with E-state index >= 15 is 0 Å². The predicted octanol–water partition coefficient (Wildman–Crippen LogP) is 2.28. The third-order valence-corrected chi connectivity index (χ3v) is 1.83. The highest BCUT2D eigenvalue weighted by atomic mass is 35.5. The zero-order valence-electron chi connectivity index (χ0n) is 10.7. The molecule has 17 heavy (non-hydrogen) atoms. The molecule has 0 unspecified atom stereocenters. The van der Waals surface area contributed by atoms with Gasteiger partial charge in [-0.2, -0.15) is 0 Å². The van der Waals surface area contributed by atoms with Crippen molar-refractivity contribution in [2.75, 3.05) is 12.6 Å². The fourth-order valence-corrected chi connectivity index (χ4v) is 1.17. The first-order valence-corrected chi connectivity index (χ1v) is 5.96. The summed E-state index contributed by atoms with van der Waals surface area (Å²) in [7, 11) is 0. The van der Waals surface area contributed by atoms with Gasteiger partial charge in [0.15, 0.2) is 6.07 Å². The van der Waals surface area contributed by atoms with Crippen LogP contribution in [0.25, 0.3) is 0 Å². The Morgan fingerprint density at radius 2 is 1.94 bits per heavy atom. The number of hydrogen-bond acceptors (Lipinski definition) is 4. The van der Waals surface area contributed by atoms with Gasteiger partial charge in [0.05, 0.1) is 0 Å². The average molecular weight is 266 g/mol. The van der Waals surface area contributed by atoms with Gasteiger partial charge < -0.3 is 14.8 Å². The lowest BCUT2D eigenvalue weighted by Gasteiger charge is -2.20. The number of alkyl carbamates (subject to hydrolysis) is 1. The quantitative estimate of drug-likeness (QED) is 0.612. The van der Waals surface area contributed by atoms with Crippen LogP contribution in [0.4, 0.5) is 4.79 Å². The van der Waals surface area contributed by atoms with Gasteiger partial charge in [-0.05, 0) is 26.7 Å². The van der Waals surface area contributed by atoms with Gasteiger partial charge in [-0.15, -0.1) is 0 Å². The Bertz CT molecular complexity index is 263. The molecule has 1 N–H and O–H groups in total. The van der Waals surface area contributed by atoms with E-state index in [-0.39, 0.29) is 24.4 Å². The van der Waals surface area contributed by atoms with E-state index in [0.717, 1.165) is 0 Å². The van der Waals surface area contributed by atoms with E-state index < -0.39 is 11.7 Å². The maximum absolute atomic E-state index is 11.3. The summed E-state index contributed by atoms with van der Waals surface area (Å²) in [6.45, 7) is 7.54. The maximum Gasteiger partial charge on any atom is 0.407 e. The van der Waals surface area contributed by atoms with Gasteiger partial charge in [0, 0.05) is 13.0 Å². The molecule has 1 amide bonds. The molecule has 0 aliphatic heterocycles. The summed E-state index contributed by atoms with van der Waals surface area (Å²) in [4.78, 5) is 22.4. The number of rotatable bonds is 5. The van der Waals surface area contributed by atoms with Crippen molar-refractivity contribution < 1.29 is 19.1 Å². The van der Waals surface area contributed by atoms with Crippen molar-refractivity contribution in [2.24, 2.45) is 5.92 Å². The summed E-state index contributed by atoms with van der Waals surface area (Å²) in [5.74, 6) is -0.406. The molecule has 0 aromatic rings. The van der Waals surface area contributed by atoms with Crippen molar-refractivity contribution in [1.29, 1.82) is 0 Å². The number of carbonyl (C=O) groups excluding carboxylic acids is 2. The molecule has 0 aromatic carbocycles. The van der Waals surface area contributed by atoms with E-state index in [0.29, 0.717) is 6.54 Å². The lowest BCUT2D eigenvalue weighted by molar-refractivity contribution is -0.142. The Labute approximate surface area is 107 Å². The van der Waals surface area contributed by atoms with E-state index in [2.05, 4.69) is 10.1 Å². The van der Waals surface area contributed by atoms with Crippen LogP contribution in [0.3, 0.4) is 0 Å². The first-order chi connectivity index (χ1) is 7.74. The van der Waals surface area contributed by atoms with Gasteiger partial charge in [0.2, 0.25) is 0 Å². The molecule has 0 rings (SSSR count). The molecule has 100 valence electrons. The lowest BCUT2D eigenvalue weighted by atomic mass is 10.1. The zero-order chi connectivity index (χ0) is 13.5. The number of hydrogen-bond donors (Lipinski definition) is 1. The summed E-state index contributed by atoms with van der Waals surface area (Å²) in [6, 6.07) is -0.148. The molecule has 0 saturated carbocycles. The van der Waals surface area contributed by atoms with E-state index in [1.165, 1.54) is 0 Å². The molecule has 0 saturated heterocycles. The van der Waals surface area contributed by atoms with Gasteiger partial charge in [-0.25, -0.2) is 4.79 Å². The summed E-state index contributed by atoms with van der Waals surface area (Å²) in [5.41, 5.74) is -0.523. The van der Waals surface area contributed by atoms with E-state index in [4.69, 9.17) is 16.3 Å². The van der Waals surface area contributed by atoms with Crippen molar-refractivity contribution in [1.82, 2.24) is 5.32 Å². The maximum atomic E-state index is 11.3. The highest BCUT2D eigenvalue weighted by Gasteiger charge is 2.17. The fraction of sp³-hybridized carbons (Fsp3) is 0.818. The van der Waals surface area contributed by atoms with Gasteiger partial charge in [0.1, 0.15) is 5.60 Å². The third-order valence-electron chi connectivity index (χ3n) is 1.72. The topological polar surface area (TPSA) is 64.6 Å². The predicted molar refractivity (Wildman–Crippen MR) is 64.8 cm³/mol. The zero-order valence-corrected chi connectivity index (χ0v) is 11.5. The van der Waals surface area contributed by atoms with Gasteiger partial charge >= 0.3 is 12.1 Å².